The topological polar surface area (TPSA) is 42.7 Å². The van der Waals surface area contributed by atoms with Gasteiger partial charge >= 0.3 is 0 Å². The lowest BCUT2D eigenvalue weighted by Gasteiger charge is -2.16. The lowest BCUT2D eigenvalue weighted by Crippen LogP contribution is -2.21. The van der Waals surface area contributed by atoms with Gasteiger partial charge in [-0.05, 0) is 44.9 Å². The van der Waals surface area contributed by atoms with E-state index < -0.39 is 0 Å². The molecule has 4 heteroatoms. The van der Waals surface area contributed by atoms with Crippen molar-refractivity contribution in [3.8, 4) is 5.82 Å². The number of hydrogen-bond donors (Lipinski definition) is 1. The Labute approximate surface area is 120 Å². The Morgan fingerprint density at radius 2 is 2.25 bits per heavy atom. The molecule has 0 radical (unpaired) electrons. The van der Waals surface area contributed by atoms with E-state index in [-0.39, 0.29) is 6.04 Å². The summed E-state index contributed by atoms with van der Waals surface area (Å²) in [5.41, 5.74) is 2.40. The van der Waals surface area contributed by atoms with Gasteiger partial charge in [-0.1, -0.05) is 13.0 Å². The first kappa shape index (κ1) is 13.3. The molecule has 1 unspecified atom stereocenters. The SMILES string of the molecule is CCCNC(C)c1cccnc1-n1ccc(C2CC2)n1. The summed E-state index contributed by atoms with van der Waals surface area (Å²) in [4.78, 5) is 4.53. The van der Waals surface area contributed by atoms with Crippen LogP contribution < -0.4 is 5.32 Å². The molecule has 1 fully saturated rings. The maximum Gasteiger partial charge on any atom is 0.158 e. The minimum atomic E-state index is 0.284. The minimum absolute atomic E-state index is 0.284. The standard InChI is InChI=1S/C16H22N4/c1-3-9-17-12(2)14-5-4-10-18-16(14)20-11-8-15(19-20)13-6-7-13/h4-5,8,10-13,17H,3,6-7,9H2,1-2H3. The van der Waals surface area contributed by atoms with Gasteiger partial charge in [-0.2, -0.15) is 5.10 Å². The molecule has 0 aromatic carbocycles. The first-order valence-corrected chi connectivity index (χ1v) is 7.54. The van der Waals surface area contributed by atoms with Crippen molar-refractivity contribution in [3.05, 3.63) is 41.9 Å². The van der Waals surface area contributed by atoms with Gasteiger partial charge in [-0.15, -0.1) is 0 Å². The predicted molar refractivity (Wildman–Crippen MR) is 80.0 cm³/mol. The summed E-state index contributed by atoms with van der Waals surface area (Å²) in [5.74, 6) is 1.62. The van der Waals surface area contributed by atoms with E-state index in [0.717, 1.165) is 18.8 Å². The van der Waals surface area contributed by atoms with E-state index in [4.69, 9.17) is 5.10 Å². The molecule has 1 N–H and O–H groups in total. The Morgan fingerprint density at radius 3 is 3.00 bits per heavy atom. The van der Waals surface area contributed by atoms with Crippen LogP contribution in [-0.4, -0.2) is 21.3 Å². The van der Waals surface area contributed by atoms with Crippen LogP contribution in [0.2, 0.25) is 0 Å². The molecule has 1 aliphatic rings. The fourth-order valence-corrected chi connectivity index (χ4v) is 2.46. The average molecular weight is 270 g/mol. The molecule has 0 aliphatic heterocycles. The largest absolute Gasteiger partial charge is 0.310 e. The molecule has 2 heterocycles. The van der Waals surface area contributed by atoms with Crippen LogP contribution in [0.5, 0.6) is 0 Å². The first-order chi connectivity index (χ1) is 9.79. The third kappa shape index (κ3) is 2.75. The molecule has 1 aliphatic carbocycles. The Balaban J connectivity index is 1.87. The summed E-state index contributed by atoms with van der Waals surface area (Å²) < 4.78 is 1.92. The van der Waals surface area contributed by atoms with E-state index in [0.29, 0.717) is 5.92 Å². The average Bonchev–Trinajstić information content (AvgIpc) is 3.22. The summed E-state index contributed by atoms with van der Waals surface area (Å²) in [6.45, 7) is 5.38. The van der Waals surface area contributed by atoms with E-state index in [1.54, 1.807) is 0 Å². The highest BCUT2D eigenvalue weighted by molar-refractivity contribution is 5.35. The third-order valence-corrected chi connectivity index (χ3v) is 3.81. The Bertz CT molecular complexity index is 571. The molecule has 3 rings (SSSR count). The number of nitrogens with zero attached hydrogens (tertiary/aromatic N) is 3. The van der Waals surface area contributed by atoms with Gasteiger partial charge in [-0.3, -0.25) is 0 Å². The highest BCUT2D eigenvalue weighted by Crippen LogP contribution is 2.39. The molecule has 0 spiro atoms. The van der Waals surface area contributed by atoms with E-state index in [2.05, 4.69) is 36.3 Å². The van der Waals surface area contributed by atoms with Gasteiger partial charge in [0.25, 0.3) is 0 Å². The van der Waals surface area contributed by atoms with Crippen molar-refractivity contribution in [2.24, 2.45) is 0 Å². The summed E-state index contributed by atoms with van der Waals surface area (Å²) in [5, 5.41) is 8.21. The van der Waals surface area contributed by atoms with Crippen molar-refractivity contribution in [2.45, 2.75) is 45.1 Å². The van der Waals surface area contributed by atoms with E-state index in [9.17, 15) is 0 Å². The quantitative estimate of drug-likeness (QED) is 0.876. The molecule has 2 aromatic rings. The lowest BCUT2D eigenvalue weighted by molar-refractivity contribution is 0.564. The first-order valence-electron chi connectivity index (χ1n) is 7.54. The fraction of sp³-hybridized carbons (Fsp3) is 0.500. The van der Waals surface area contributed by atoms with Gasteiger partial charge in [0.05, 0.1) is 5.69 Å². The van der Waals surface area contributed by atoms with Crippen LogP contribution in [0.3, 0.4) is 0 Å². The monoisotopic (exact) mass is 270 g/mol. The van der Waals surface area contributed by atoms with Gasteiger partial charge in [0.2, 0.25) is 0 Å². The van der Waals surface area contributed by atoms with E-state index in [1.165, 1.54) is 24.1 Å². The highest BCUT2D eigenvalue weighted by atomic mass is 15.3. The smallest absolute Gasteiger partial charge is 0.158 e. The van der Waals surface area contributed by atoms with Crippen LogP contribution in [0.25, 0.3) is 5.82 Å². The molecule has 20 heavy (non-hydrogen) atoms. The van der Waals surface area contributed by atoms with Crippen LogP contribution in [-0.2, 0) is 0 Å². The third-order valence-electron chi connectivity index (χ3n) is 3.81. The van der Waals surface area contributed by atoms with Crippen molar-refractivity contribution in [3.63, 3.8) is 0 Å². The van der Waals surface area contributed by atoms with Crippen molar-refractivity contribution in [1.29, 1.82) is 0 Å². The summed E-state index contributed by atoms with van der Waals surface area (Å²) in [6, 6.07) is 6.54. The van der Waals surface area contributed by atoms with Crippen molar-refractivity contribution in [1.82, 2.24) is 20.1 Å². The van der Waals surface area contributed by atoms with Gasteiger partial charge in [0.1, 0.15) is 0 Å². The minimum Gasteiger partial charge on any atom is -0.310 e. The van der Waals surface area contributed by atoms with Gasteiger partial charge in [0, 0.05) is 29.9 Å². The normalized spacial score (nSPS) is 16.3. The van der Waals surface area contributed by atoms with E-state index >= 15 is 0 Å². The van der Waals surface area contributed by atoms with Crippen molar-refractivity contribution < 1.29 is 0 Å². The number of pyridine rings is 1. The molecule has 0 amide bonds. The molecular weight excluding hydrogens is 248 g/mol. The number of rotatable bonds is 6. The zero-order valence-corrected chi connectivity index (χ0v) is 12.2. The van der Waals surface area contributed by atoms with Crippen LogP contribution >= 0.6 is 0 Å². The second kappa shape index (κ2) is 5.75. The van der Waals surface area contributed by atoms with E-state index in [1.807, 2.05) is 23.1 Å². The zero-order valence-electron chi connectivity index (χ0n) is 12.2. The Kier molecular flexibility index (Phi) is 3.83. The molecule has 0 bridgehead atoms. The van der Waals surface area contributed by atoms with Gasteiger partial charge in [0.15, 0.2) is 5.82 Å². The van der Waals surface area contributed by atoms with Gasteiger partial charge < -0.3 is 5.32 Å². The van der Waals surface area contributed by atoms with Crippen LogP contribution in [0.4, 0.5) is 0 Å². The molecule has 2 aromatic heterocycles. The molecule has 4 nitrogen and oxygen atoms in total. The fourth-order valence-electron chi connectivity index (χ4n) is 2.46. The Hall–Kier alpha value is -1.68. The molecule has 1 saturated carbocycles. The maximum atomic E-state index is 4.69. The van der Waals surface area contributed by atoms with Crippen LogP contribution in [0.1, 0.15) is 56.3 Å². The summed E-state index contributed by atoms with van der Waals surface area (Å²) in [6.07, 6.45) is 7.56. The maximum absolute atomic E-state index is 4.69. The second-order valence-corrected chi connectivity index (χ2v) is 5.55. The van der Waals surface area contributed by atoms with Crippen molar-refractivity contribution >= 4 is 0 Å². The lowest BCUT2D eigenvalue weighted by atomic mass is 10.1. The summed E-state index contributed by atoms with van der Waals surface area (Å²) >= 11 is 0. The molecule has 106 valence electrons. The molecule has 0 saturated heterocycles. The summed E-state index contributed by atoms with van der Waals surface area (Å²) in [7, 11) is 0. The zero-order chi connectivity index (χ0) is 13.9. The Morgan fingerprint density at radius 1 is 1.40 bits per heavy atom. The van der Waals surface area contributed by atoms with Gasteiger partial charge in [-0.25, -0.2) is 9.67 Å². The molecule has 1 atom stereocenters. The molecular formula is C16H22N4. The number of nitrogens with one attached hydrogen (secondary N) is 1. The van der Waals surface area contributed by atoms with Crippen molar-refractivity contribution in [2.75, 3.05) is 6.54 Å². The highest BCUT2D eigenvalue weighted by Gasteiger charge is 2.26. The number of hydrogen-bond acceptors (Lipinski definition) is 3. The second-order valence-electron chi connectivity index (χ2n) is 5.55. The number of aromatic nitrogens is 3. The van der Waals surface area contributed by atoms with Crippen LogP contribution in [0.15, 0.2) is 30.6 Å². The predicted octanol–water partition coefficient (Wildman–Crippen LogP) is 3.21. The van der Waals surface area contributed by atoms with Crippen LogP contribution in [0, 0.1) is 0 Å².